The van der Waals surface area contributed by atoms with Crippen LogP contribution in [0.4, 0.5) is 0 Å². The summed E-state index contributed by atoms with van der Waals surface area (Å²) < 4.78 is 11.7. The third-order valence-electron chi connectivity index (χ3n) is 3.43. The van der Waals surface area contributed by atoms with E-state index < -0.39 is 6.10 Å². The third-order valence-corrected chi connectivity index (χ3v) is 4.05. The first kappa shape index (κ1) is 19.8. The molecule has 138 valence electrons. The highest BCUT2D eigenvalue weighted by atomic mass is 79.9. The molecular formula is C19H21BrN2O4. The minimum atomic E-state index is -0.718. The van der Waals surface area contributed by atoms with Gasteiger partial charge in [0, 0.05) is 0 Å². The molecule has 7 heteroatoms. The normalized spacial score (nSPS) is 12.0. The van der Waals surface area contributed by atoms with Crippen molar-refractivity contribution in [1.29, 1.82) is 0 Å². The Balaban J connectivity index is 1.94. The van der Waals surface area contributed by atoms with E-state index in [4.69, 9.17) is 9.47 Å². The maximum absolute atomic E-state index is 12.1. The number of carbonyl (C=O) groups excluding carboxylic acids is 1. The maximum Gasteiger partial charge on any atom is 0.280 e. The highest BCUT2D eigenvalue weighted by Crippen LogP contribution is 2.27. The Kier molecular flexibility index (Phi) is 7.03. The molecule has 26 heavy (non-hydrogen) atoms. The van der Waals surface area contributed by atoms with E-state index in [-0.39, 0.29) is 11.7 Å². The first-order chi connectivity index (χ1) is 12.4. The average molecular weight is 421 g/mol. The predicted octanol–water partition coefficient (Wildman–Crippen LogP) is 3.78. The summed E-state index contributed by atoms with van der Waals surface area (Å²) in [4.78, 5) is 12.1. The van der Waals surface area contributed by atoms with Crippen LogP contribution < -0.4 is 14.9 Å². The highest BCUT2D eigenvalue weighted by molar-refractivity contribution is 9.10. The summed E-state index contributed by atoms with van der Waals surface area (Å²) >= 11 is 3.41. The molecule has 2 N–H and O–H groups in total. The van der Waals surface area contributed by atoms with E-state index in [0.29, 0.717) is 23.7 Å². The van der Waals surface area contributed by atoms with Crippen LogP contribution in [0.2, 0.25) is 0 Å². The van der Waals surface area contributed by atoms with Crippen LogP contribution in [0, 0.1) is 6.92 Å². The topological polar surface area (TPSA) is 80.2 Å². The van der Waals surface area contributed by atoms with Crippen molar-refractivity contribution in [2.75, 3.05) is 6.61 Å². The van der Waals surface area contributed by atoms with Crippen molar-refractivity contribution in [2.45, 2.75) is 26.9 Å². The number of aryl methyl sites for hydroxylation is 1. The van der Waals surface area contributed by atoms with Crippen molar-refractivity contribution < 1.29 is 19.4 Å². The minimum absolute atomic E-state index is 0.0544. The smallest absolute Gasteiger partial charge is 0.280 e. The molecule has 0 saturated heterocycles. The van der Waals surface area contributed by atoms with E-state index in [0.717, 1.165) is 10.0 Å². The lowest BCUT2D eigenvalue weighted by molar-refractivity contribution is -0.127. The summed E-state index contributed by atoms with van der Waals surface area (Å²) in [6.45, 7) is 5.88. The number of ether oxygens (including phenoxy) is 2. The SMILES string of the molecule is CCOc1cc(C=NNC(=O)C(C)Oc2ccc(C)cc2Br)ccc1O. The molecule has 6 nitrogen and oxygen atoms in total. The van der Waals surface area contributed by atoms with Gasteiger partial charge in [-0.2, -0.15) is 5.10 Å². The second-order valence-electron chi connectivity index (χ2n) is 5.59. The largest absolute Gasteiger partial charge is 0.504 e. The fraction of sp³-hybridized carbons (Fsp3) is 0.263. The number of benzene rings is 2. The number of hydrogen-bond acceptors (Lipinski definition) is 5. The van der Waals surface area contributed by atoms with E-state index in [1.54, 1.807) is 25.1 Å². The molecule has 0 saturated carbocycles. The van der Waals surface area contributed by atoms with Crippen molar-refractivity contribution in [3.05, 3.63) is 52.0 Å². The number of carbonyl (C=O) groups is 1. The molecule has 0 aliphatic heterocycles. The number of hydrazone groups is 1. The number of aromatic hydroxyl groups is 1. The van der Waals surface area contributed by atoms with Crippen LogP contribution in [0.5, 0.6) is 17.2 Å². The lowest BCUT2D eigenvalue weighted by atomic mass is 10.2. The first-order valence-corrected chi connectivity index (χ1v) is 8.91. The summed E-state index contributed by atoms with van der Waals surface area (Å²) in [5.74, 6) is 0.627. The number of rotatable bonds is 7. The molecule has 0 fully saturated rings. The van der Waals surface area contributed by atoms with Gasteiger partial charge >= 0.3 is 0 Å². The second-order valence-corrected chi connectivity index (χ2v) is 6.44. The molecule has 0 heterocycles. The first-order valence-electron chi connectivity index (χ1n) is 8.12. The number of hydrogen-bond donors (Lipinski definition) is 2. The van der Waals surface area contributed by atoms with E-state index in [2.05, 4.69) is 26.5 Å². The van der Waals surface area contributed by atoms with Crippen LogP contribution >= 0.6 is 15.9 Å². The fourth-order valence-electron chi connectivity index (χ4n) is 2.09. The van der Waals surface area contributed by atoms with Gasteiger partial charge in [0.2, 0.25) is 0 Å². The van der Waals surface area contributed by atoms with Crippen LogP contribution in [-0.4, -0.2) is 29.9 Å². The second kappa shape index (κ2) is 9.24. The standard InChI is InChI=1S/C19H21BrN2O4/c1-4-25-18-10-14(6-7-16(18)23)11-21-22-19(24)13(3)26-17-8-5-12(2)9-15(17)20/h5-11,13,23H,4H2,1-3H3,(H,22,24). The lowest BCUT2D eigenvalue weighted by Crippen LogP contribution is -2.33. The predicted molar refractivity (Wildman–Crippen MR) is 104 cm³/mol. The van der Waals surface area contributed by atoms with Crippen LogP contribution in [0.15, 0.2) is 46.0 Å². The number of halogens is 1. The molecule has 0 aliphatic rings. The quantitative estimate of drug-likeness (QED) is 0.527. The zero-order valence-corrected chi connectivity index (χ0v) is 16.4. The Hall–Kier alpha value is -2.54. The number of phenolic OH excluding ortho intramolecular Hbond substituents is 1. The molecular weight excluding hydrogens is 400 g/mol. The number of nitrogens with zero attached hydrogens (tertiary/aromatic N) is 1. The van der Waals surface area contributed by atoms with Gasteiger partial charge in [-0.05, 0) is 78.2 Å². The lowest BCUT2D eigenvalue weighted by Gasteiger charge is -2.14. The average Bonchev–Trinajstić information content (AvgIpc) is 2.60. The van der Waals surface area contributed by atoms with E-state index >= 15 is 0 Å². The maximum atomic E-state index is 12.1. The monoisotopic (exact) mass is 420 g/mol. The van der Waals surface area contributed by atoms with Gasteiger partial charge in [-0.1, -0.05) is 6.07 Å². The van der Waals surface area contributed by atoms with Gasteiger partial charge < -0.3 is 14.6 Å². The van der Waals surface area contributed by atoms with Gasteiger partial charge in [0.05, 0.1) is 17.3 Å². The fourth-order valence-corrected chi connectivity index (χ4v) is 2.68. The van der Waals surface area contributed by atoms with Crippen LogP contribution in [0.3, 0.4) is 0 Å². The van der Waals surface area contributed by atoms with Crippen LogP contribution in [0.25, 0.3) is 0 Å². The molecule has 0 bridgehead atoms. The molecule has 0 radical (unpaired) electrons. The van der Waals surface area contributed by atoms with Gasteiger partial charge in [0.15, 0.2) is 17.6 Å². The third kappa shape index (κ3) is 5.49. The summed E-state index contributed by atoms with van der Waals surface area (Å²) in [6, 6.07) is 10.4. The van der Waals surface area contributed by atoms with Gasteiger partial charge in [-0.25, -0.2) is 5.43 Å². The number of amides is 1. The number of nitrogens with one attached hydrogen (secondary N) is 1. The van der Waals surface area contributed by atoms with Gasteiger partial charge in [-0.3, -0.25) is 4.79 Å². The molecule has 0 aliphatic carbocycles. The van der Waals surface area contributed by atoms with E-state index in [1.165, 1.54) is 12.3 Å². The zero-order chi connectivity index (χ0) is 19.1. The van der Waals surface area contributed by atoms with Crippen molar-refractivity contribution >= 4 is 28.1 Å². The van der Waals surface area contributed by atoms with Crippen molar-refractivity contribution in [3.63, 3.8) is 0 Å². The van der Waals surface area contributed by atoms with Crippen molar-refractivity contribution in [1.82, 2.24) is 5.43 Å². The van der Waals surface area contributed by atoms with E-state index in [1.807, 2.05) is 26.0 Å². The minimum Gasteiger partial charge on any atom is -0.504 e. The molecule has 1 unspecified atom stereocenters. The Labute approximate surface area is 161 Å². The highest BCUT2D eigenvalue weighted by Gasteiger charge is 2.15. The Morgan fingerprint density at radius 2 is 2.08 bits per heavy atom. The van der Waals surface area contributed by atoms with Crippen molar-refractivity contribution in [2.24, 2.45) is 5.10 Å². The molecule has 0 spiro atoms. The van der Waals surface area contributed by atoms with Crippen LogP contribution in [0.1, 0.15) is 25.0 Å². The molecule has 0 aromatic heterocycles. The Morgan fingerprint density at radius 1 is 1.31 bits per heavy atom. The van der Waals surface area contributed by atoms with Gasteiger partial charge in [-0.15, -0.1) is 0 Å². The zero-order valence-electron chi connectivity index (χ0n) is 14.8. The summed E-state index contributed by atoms with van der Waals surface area (Å²) in [6.07, 6.45) is 0.749. The summed E-state index contributed by atoms with van der Waals surface area (Å²) in [5.41, 5.74) is 4.21. The number of phenols is 1. The molecule has 2 rings (SSSR count). The molecule has 1 amide bonds. The Morgan fingerprint density at radius 3 is 2.77 bits per heavy atom. The molecule has 1 atom stereocenters. The van der Waals surface area contributed by atoms with Crippen molar-refractivity contribution in [3.8, 4) is 17.2 Å². The summed E-state index contributed by atoms with van der Waals surface area (Å²) in [7, 11) is 0. The molecule has 2 aromatic carbocycles. The molecule has 2 aromatic rings. The van der Waals surface area contributed by atoms with Crippen LogP contribution in [-0.2, 0) is 4.79 Å². The summed E-state index contributed by atoms with van der Waals surface area (Å²) in [5, 5.41) is 13.6. The van der Waals surface area contributed by atoms with Gasteiger partial charge in [0.25, 0.3) is 5.91 Å². The van der Waals surface area contributed by atoms with E-state index in [9.17, 15) is 9.90 Å². The Bertz CT molecular complexity index is 808. The van der Waals surface area contributed by atoms with Gasteiger partial charge in [0.1, 0.15) is 5.75 Å².